The number of allylic oxidation sites excluding steroid dienone is 2. The second-order valence-corrected chi connectivity index (χ2v) is 6.51. The van der Waals surface area contributed by atoms with Crippen LogP contribution in [0.15, 0.2) is 54.2 Å². The summed E-state index contributed by atoms with van der Waals surface area (Å²) in [6.45, 7) is 0. The van der Waals surface area contributed by atoms with E-state index in [0.717, 1.165) is 33.1 Å². The van der Waals surface area contributed by atoms with Gasteiger partial charge in [-0.25, -0.2) is 11.3 Å². The molecule has 0 radical (unpaired) electrons. The van der Waals surface area contributed by atoms with Gasteiger partial charge in [-0.1, -0.05) is 47.4 Å². The largest absolute Gasteiger partial charge is 3.00 e. The van der Waals surface area contributed by atoms with Crippen molar-refractivity contribution in [3.63, 3.8) is 0 Å². The number of carbonyl (C=O) groups is 2. The number of nitrogens with zero attached hydrogens (tertiary/aromatic N) is 2. The smallest absolute Gasteiger partial charge is 0.665 e. The van der Waals surface area contributed by atoms with E-state index in [4.69, 9.17) is 0 Å². The zero-order valence-electron chi connectivity index (χ0n) is 14.6. The third-order valence-corrected chi connectivity index (χ3v) is 4.53. The molecule has 2 aromatic rings. The molecule has 4 nitrogen and oxygen atoms in total. The fourth-order valence-electron chi connectivity index (χ4n) is 2.37. The van der Waals surface area contributed by atoms with Crippen molar-refractivity contribution < 1.29 is 72.1 Å². The zero-order chi connectivity index (χ0) is 20.1. The van der Waals surface area contributed by atoms with Crippen molar-refractivity contribution in [2.45, 2.75) is 6.18 Å². The molecule has 0 unspecified atom stereocenters. The van der Waals surface area contributed by atoms with Gasteiger partial charge in [-0.15, -0.1) is 23.9 Å². The summed E-state index contributed by atoms with van der Waals surface area (Å²) in [6.07, 6.45) is 6.67. The summed E-state index contributed by atoms with van der Waals surface area (Å²) in [4.78, 5) is 21.5. The maximum Gasteiger partial charge on any atom is 3.00 e. The van der Waals surface area contributed by atoms with Gasteiger partial charge in [0.15, 0.2) is 5.78 Å². The molecule has 148 valence electrons. The van der Waals surface area contributed by atoms with Gasteiger partial charge in [0.25, 0.3) is 0 Å². The topological polar surface area (TPSA) is 62.3 Å². The van der Waals surface area contributed by atoms with Crippen LogP contribution in [0.25, 0.3) is 22.8 Å². The van der Waals surface area contributed by atoms with E-state index in [9.17, 15) is 22.8 Å². The summed E-state index contributed by atoms with van der Waals surface area (Å²) >= 11 is 0.983. The Bertz CT molecular complexity index is 1020. The fourth-order valence-corrected chi connectivity index (χ4v) is 3.01. The number of hydrogen-bond donors (Lipinski definition) is 0. The molecular weight excluding hydrogens is 541 g/mol. The summed E-state index contributed by atoms with van der Waals surface area (Å²) in [6, 6.07) is 7.02. The molecule has 4 rings (SSSR count). The minimum atomic E-state index is -4.98. The van der Waals surface area contributed by atoms with Gasteiger partial charge in [0.2, 0.25) is 0 Å². The third kappa shape index (κ3) is 6.15. The van der Waals surface area contributed by atoms with Crippen molar-refractivity contribution in [1.29, 1.82) is 0 Å². The number of hydrogen-bond acceptors (Lipinski definition) is 3. The van der Waals surface area contributed by atoms with Crippen molar-refractivity contribution in [3.05, 3.63) is 86.6 Å². The van der Waals surface area contributed by atoms with Crippen molar-refractivity contribution >= 4 is 46.4 Å². The van der Waals surface area contributed by atoms with E-state index < -0.39 is 17.7 Å². The summed E-state index contributed by atoms with van der Waals surface area (Å²) in [5.41, 5.74) is 1.95. The maximum absolute atomic E-state index is 11.7. The summed E-state index contributed by atoms with van der Waals surface area (Å²) in [5.74, 6) is -3.04. The molecule has 1 aromatic carbocycles. The first-order valence-corrected chi connectivity index (χ1v) is 8.86. The monoisotopic (exact) mass is 554 g/mol. The Balaban J connectivity index is 0.000000200. The van der Waals surface area contributed by atoms with Crippen molar-refractivity contribution in [1.82, 2.24) is 0 Å². The Kier molecular flexibility index (Phi) is 8.45. The predicted octanol–water partition coefficient (Wildman–Crippen LogP) is 4.58. The van der Waals surface area contributed by atoms with Gasteiger partial charge < -0.3 is 20.2 Å². The molecule has 0 aliphatic carbocycles. The van der Waals surface area contributed by atoms with E-state index in [2.05, 4.69) is 34.9 Å². The normalized spacial score (nSPS) is 12.8. The Morgan fingerprint density at radius 3 is 1.93 bits per heavy atom. The molecule has 2 aliphatic heterocycles. The molecule has 3 heterocycles. The first kappa shape index (κ1) is 23.6. The molecule has 0 amide bonds. The molecule has 0 fully saturated rings. The van der Waals surface area contributed by atoms with Crippen molar-refractivity contribution in [2.24, 2.45) is 0 Å². The van der Waals surface area contributed by atoms with Crippen LogP contribution in [-0.4, -0.2) is 17.7 Å². The van der Waals surface area contributed by atoms with E-state index in [-0.39, 0.29) is 60.7 Å². The van der Waals surface area contributed by atoms with E-state index >= 15 is 0 Å². The molecule has 1 aromatic heterocycles. The molecule has 0 atom stereocenters. The number of ketones is 2. The van der Waals surface area contributed by atoms with Crippen LogP contribution in [0, 0.1) is 55.8 Å². The van der Waals surface area contributed by atoms with Crippen molar-refractivity contribution in [2.75, 3.05) is 0 Å². The number of Topliss-reactive ketones (excluding diaryl/α,β-unsaturated/α-hetero) is 2. The number of alkyl halides is 3. The van der Waals surface area contributed by atoms with E-state index in [0.29, 0.717) is 0 Å². The molecule has 0 saturated carbocycles. The van der Waals surface area contributed by atoms with Gasteiger partial charge in [-0.3, -0.25) is 0 Å². The molecule has 0 N–H and O–H groups in total. The maximum atomic E-state index is 11.7. The van der Waals surface area contributed by atoms with Gasteiger partial charge in [-0.2, -0.15) is 25.6 Å². The first-order valence-electron chi connectivity index (χ1n) is 7.98. The van der Waals surface area contributed by atoms with Crippen LogP contribution in [0.4, 0.5) is 24.5 Å². The van der Waals surface area contributed by atoms with Crippen LogP contribution >= 0.6 is 11.3 Å². The third-order valence-electron chi connectivity index (χ3n) is 3.65. The first-order chi connectivity index (χ1) is 13.4. The summed E-state index contributed by atoms with van der Waals surface area (Å²) in [5, 5.41) is 12.5. The molecule has 0 saturated heterocycles. The average molecular weight is 553 g/mol. The Morgan fingerprint density at radius 2 is 1.48 bits per heavy atom. The van der Waals surface area contributed by atoms with E-state index in [1.807, 2.05) is 12.2 Å². The van der Waals surface area contributed by atoms with Crippen molar-refractivity contribution in [3.8, 4) is 0 Å². The second kappa shape index (κ2) is 10.4. The van der Waals surface area contributed by atoms with Gasteiger partial charge in [0.1, 0.15) is 0 Å². The van der Waals surface area contributed by atoms with Gasteiger partial charge >= 0.3 is 55.6 Å². The van der Waals surface area contributed by atoms with Crippen LogP contribution in [0.1, 0.15) is 9.67 Å². The van der Waals surface area contributed by atoms with Gasteiger partial charge in [-0.05, 0) is 15.8 Å². The van der Waals surface area contributed by atoms with Crippen LogP contribution in [0.5, 0.6) is 0 Å². The Labute approximate surface area is 209 Å². The van der Waals surface area contributed by atoms with E-state index in [1.54, 1.807) is 17.8 Å². The fraction of sp³-hybridized carbons (Fsp3) is 0.0500. The van der Waals surface area contributed by atoms with Gasteiger partial charge in [0.05, 0.1) is 0 Å². The standard InChI is InChI=1S/C12H8N2.C8H4F3O2S.Eu/c1-3-9-5-6-10-4-2-8-14-12(10)11(9)13-7-1;9-8(10,11)7(13)4-5(12)6-2-1-3-14-6;/h1-8H;1-4H;/q-2;-1;+3. The summed E-state index contributed by atoms with van der Waals surface area (Å²) < 4.78 is 35.2. The van der Waals surface area contributed by atoms with Crippen LogP contribution in [-0.2, 0) is 4.79 Å². The number of benzene rings is 1. The molecule has 2 aliphatic rings. The second-order valence-electron chi connectivity index (χ2n) is 5.56. The van der Waals surface area contributed by atoms with Crippen LogP contribution in [0.3, 0.4) is 0 Å². The minimum absolute atomic E-state index is 0. The number of rotatable bonds is 3. The molecule has 0 spiro atoms. The SMILES string of the molecule is C1=C[N-]c2c3c(ccc2=C1)=CC=C[N-]3.O=C([CH-]C(=O)C(F)(F)F)c1cccs1.[Eu+3]. The molecule has 0 bridgehead atoms. The number of carbonyl (C=O) groups excluding carboxylic acids is 2. The Morgan fingerprint density at radius 1 is 0.931 bits per heavy atom. The average Bonchev–Trinajstić information content (AvgIpc) is 3.23. The number of thiophene rings is 1. The quantitative estimate of drug-likeness (QED) is 0.318. The molecule has 9 heteroatoms. The zero-order valence-corrected chi connectivity index (χ0v) is 17.8. The molecular formula is C20H12EuF3N2O2S. The van der Waals surface area contributed by atoms with Crippen LogP contribution in [0.2, 0.25) is 0 Å². The summed E-state index contributed by atoms with van der Waals surface area (Å²) in [7, 11) is 0. The van der Waals surface area contributed by atoms with Gasteiger partial charge in [0, 0.05) is 5.78 Å². The van der Waals surface area contributed by atoms with Crippen LogP contribution < -0.4 is 10.4 Å². The Hall–Kier alpha value is -1.68. The number of halogens is 3. The number of fused-ring (bicyclic) bond motifs is 3. The molecule has 29 heavy (non-hydrogen) atoms. The minimum Gasteiger partial charge on any atom is -0.665 e. The predicted molar refractivity (Wildman–Crippen MR) is 103 cm³/mol. The van der Waals surface area contributed by atoms with E-state index in [1.165, 1.54) is 12.1 Å².